The number of hydrogen-bond acceptors (Lipinski definition) is 5. The molecule has 2 rings (SSSR count). The first-order valence-electron chi connectivity index (χ1n) is 7.48. The lowest BCUT2D eigenvalue weighted by atomic mass is 10.1. The van der Waals surface area contributed by atoms with Crippen LogP contribution < -0.4 is 10.7 Å². The van der Waals surface area contributed by atoms with E-state index in [2.05, 4.69) is 15.8 Å². The lowest BCUT2D eigenvalue weighted by Crippen LogP contribution is -2.35. The number of hydrogen-bond donors (Lipinski definition) is 2. The Morgan fingerprint density at radius 2 is 1.96 bits per heavy atom. The maximum atomic E-state index is 12.1. The fraction of sp³-hybridized carbons (Fsp3) is 0.118. The Morgan fingerprint density at radius 3 is 2.65 bits per heavy atom. The van der Waals surface area contributed by atoms with Gasteiger partial charge in [-0.3, -0.25) is 19.7 Å². The minimum Gasteiger partial charge on any atom is -0.343 e. The van der Waals surface area contributed by atoms with Crippen molar-refractivity contribution in [3.05, 3.63) is 74.3 Å². The fourth-order valence-corrected chi connectivity index (χ4v) is 2.30. The van der Waals surface area contributed by atoms with Crippen LogP contribution in [0, 0.1) is 17.0 Å². The highest BCUT2D eigenvalue weighted by Gasteiger charge is 2.18. The van der Waals surface area contributed by atoms with Crippen LogP contribution in [-0.4, -0.2) is 29.5 Å². The number of rotatable bonds is 6. The maximum absolute atomic E-state index is 12.1. The number of amides is 2. The Bertz CT molecular complexity index is 883. The summed E-state index contributed by atoms with van der Waals surface area (Å²) in [6, 6.07) is 11.1. The minimum atomic E-state index is -0.587. The zero-order valence-electron chi connectivity index (χ0n) is 13.7. The van der Waals surface area contributed by atoms with Crippen molar-refractivity contribution in [3.63, 3.8) is 0 Å². The molecule has 2 aromatic rings. The second kappa shape index (κ2) is 8.72. The van der Waals surface area contributed by atoms with Crippen molar-refractivity contribution in [1.29, 1.82) is 0 Å². The van der Waals surface area contributed by atoms with Crippen LogP contribution in [0.1, 0.15) is 21.5 Å². The zero-order chi connectivity index (χ0) is 19.1. The normalized spacial score (nSPS) is 10.5. The van der Waals surface area contributed by atoms with Gasteiger partial charge in [0, 0.05) is 27.8 Å². The lowest BCUT2D eigenvalue weighted by Gasteiger charge is -2.07. The molecule has 26 heavy (non-hydrogen) atoms. The Morgan fingerprint density at radius 1 is 1.23 bits per heavy atom. The number of carbonyl (C=O) groups is 2. The molecule has 0 aromatic heterocycles. The van der Waals surface area contributed by atoms with Crippen molar-refractivity contribution >= 4 is 35.3 Å². The predicted molar refractivity (Wildman–Crippen MR) is 97.4 cm³/mol. The first kappa shape index (κ1) is 19.1. The van der Waals surface area contributed by atoms with Gasteiger partial charge >= 0.3 is 0 Å². The largest absolute Gasteiger partial charge is 0.343 e. The number of nitro benzene ring substituents is 1. The Balaban J connectivity index is 1.91. The van der Waals surface area contributed by atoms with Crippen molar-refractivity contribution in [3.8, 4) is 0 Å². The fourth-order valence-electron chi connectivity index (χ4n) is 2.12. The second-order valence-electron chi connectivity index (χ2n) is 5.20. The smallest absolute Gasteiger partial charge is 0.273 e. The van der Waals surface area contributed by atoms with E-state index in [1.165, 1.54) is 31.3 Å². The molecule has 2 N–H and O–H groups in total. The van der Waals surface area contributed by atoms with E-state index in [4.69, 9.17) is 11.6 Å². The summed E-state index contributed by atoms with van der Waals surface area (Å²) in [6.07, 6.45) is 1.38. The van der Waals surface area contributed by atoms with Gasteiger partial charge in [-0.2, -0.15) is 5.10 Å². The number of hydrazone groups is 1. The highest BCUT2D eigenvalue weighted by Crippen LogP contribution is 2.20. The topological polar surface area (TPSA) is 114 Å². The molecular weight excluding hydrogens is 360 g/mol. The van der Waals surface area contributed by atoms with E-state index in [1.807, 2.05) is 0 Å². The SMILES string of the molecule is Cc1c(C(=O)NCC(=O)N/N=C\c2ccccc2Cl)cccc1[N+](=O)[O-]. The van der Waals surface area contributed by atoms with Gasteiger partial charge in [-0.15, -0.1) is 0 Å². The number of benzene rings is 2. The third-order valence-corrected chi connectivity index (χ3v) is 3.80. The number of halogens is 1. The first-order valence-corrected chi connectivity index (χ1v) is 7.86. The molecule has 0 aliphatic carbocycles. The summed E-state index contributed by atoms with van der Waals surface area (Å²) in [7, 11) is 0. The summed E-state index contributed by atoms with van der Waals surface area (Å²) in [5, 5.41) is 17.5. The molecule has 0 saturated heterocycles. The van der Waals surface area contributed by atoms with Crippen LogP contribution in [-0.2, 0) is 4.79 Å². The van der Waals surface area contributed by atoms with Crippen molar-refractivity contribution < 1.29 is 14.5 Å². The molecule has 0 saturated carbocycles. The van der Waals surface area contributed by atoms with Crippen LogP contribution in [0.3, 0.4) is 0 Å². The van der Waals surface area contributed by atoms with Crippen molar-refractivity contribution in [2.45, 2.75) is 6.92 Å². The van der Waals surface area contributed by atoms with Crippen LogP contribution in [0.15, 0.2) is 47.6 Å². The van der Waals surface area contributed by atoms with Gasteiger partial charge in [0.05, 0.1) is 17.7 Å². The van der Waals surface area contributed by atoms with Gasteiger partial charge in [-0.1, -0.05) is 35.9 Å². The molecule has 9 heteroatoms. The number of carbonyl (C=O) groups excluding carboxylic acids is 2. The van der Waals surface area contributed by atoms with Gasteiger partial charge in [0.15, 0.2) is 0 Å². The monoisotopic (exact) mass is 374 g/mol. The molecule has 134 valence electrons. The van der Waals surface area contributed by atoms with Gasteiger partial charge < -0.3 is 5.32 Å². The van der Waals surface area contributed by atoms with E-state index >= 15 is 0 Å². The molecular formula is C17H15ClN4O4. The van der Waals surface area contributed by atoms with Gasteiger partial charge in [0.25, 0.3) is 17.5 Å². The Labute approximate surface area is 154 Å². The number of nitro groups is 1. The second-order valence-corrected chi connectivity index (χ2v) is 5.61. The van der Waals surface area contributed by atoms with Crippen molar-refractivity contribution in [2.24, 2.45) is 5.10 Å². The van der Waals surface area contributed by atoms with Crippen LogP contribution in [0.5, 0.6) is 0 Å². The van der Waals surface area contributed by atoms with Crippen LogP contribution in [0.2, 0.25) is 5.02 Å². The van der Waals surface area contributed by atoms with Crippen LogP contribution in [0.4, 0.5) is 5.69 Å². The summed E-state index contributed by atoms with van der Waals surface area (Å²) < 4.78 is 0. The van der Waals surface area contributed by atoms with Gasteiger partial charge in [-0.05, 0) is 19.1 Å². The quantitative estimate of drug-likeness (QED) is 0.459. The van der Waals surface area contributed by atoms with Crippen LogP contribution >= 0.6 is 11.6 Å². The molecule has 2 amide bonds. The zero-order valence-corrected chi connectivity index (χ0v) is 14.5. The number of nitrogens with zero attached hydrogens (tertiary/aromatic N) is 2. The predicted octanol–water partition coefficient (Wildman–Crippen LogP) is 2.44. The molecule has 0 unspecified atom stereocenters. The third kappa shape index (κ3) is 4.87. The molecule has 0 atom stereocenters. The van der Waals surface area contributed by atoms with E-state index in [0.29, 0.717) is 10.6 Å². The van der Waals surface area contributed by atoms with Crippen LogP contribution in [0.25, 0.3) is 0 Å². The van der Waals surface area contributed by atoms with E-state index < -0.39 is 16.7 Å². The molecule has 0 fully saturated rings. The Kier molecular flexibility index (Phi) is 6.40. The lowest BCUT2D eigenvalue weighted by molar-refractivity contribution is -0.385. The molecule has 0 spiro atoms. The van der Waals surface area contributed by atoms with Gasteiger partial charge in [-0.25, -0.2) is 5.43 Å². The molecule has 8 nitrogen and oxygen atoms in total. The Hall–Kier alpha value is -3.26. The number of nitrogens with one attached hydrogen (secondary N) is 2. The van der Waals surface area contributed by atoms with E-state index in [1.54, 1.807) is 24.3 Å². The molecule has 0 radical (unpaired) electrons. The maximum Gasteiger partial charge on any atom is 0.273 e. The van der Waals surface area contributed by atoms with Gasteiger partial charge in [0.2, 0.25) is 0 Å². The summed E-state index contributed by atoms with van der Waals surface area (Å²) in [5.74, 6) is -1.14. The molecule has 0 aliphatic rings. The van der Waals surface area contributed by atoms with Crippen molar-refractivity contribution in [1.82, 2.24) is 10.7 Å². The van der Waals surface area contributed by atoms with Gasteiger partial charge in [0.1, 0.15) is 0 Å². The average molecular weight is 375 g/mol. The first-order chi connectivity index (χ1) is 12.4. The minimum absolute atomic E-state index is 0.131. The summed E-state index contributed by atoms with van der Waals surface area (Å²) in [6.45, 7) is 1.14. The molecule has 0 aliphatic heterocycles. The van der Waals surface area contributed by atoms with E-state index in [0.717, 1.165) is 0 Å². The van der Waals surface area contributed by atoms with E-state index in [-0.39, 0.29) is 23.4 Å². The van der Waals surface area contributed by atoms with E-state index in [9.17, 15) is 19.7 Å². The standard InChI is InChI=1S/C17H15ClN4O4/c1-11-13(6-4-8-15(11)22(25)26)17(24)19-10-16(23)21-20-9-12-5-2-3-7-14(12)18/h2-9H,10H2,1H3,(H,19,24)(H,21,23)/b20-9-. The average Bonchev–Trinajstić information content (AvgIpc) is 2.61. The molecule has 0 heterocycles. The molecule has 0 bridgehead atoms. The molecule has 2 aromatic carbocycles. The highest BCUT2D eigenvalue weighted by atomic mass is 35.5. The third-order valence-electron chi connectivity index (χ3n) is 3.45. The summed E-state index contributed by atoms with van der Waals surface area (Å²) >= 11 is 5.95. The summed E-state index contributed by atoms with van der Waals surface area (Å²) in [4.78, 5) is 34.2. The summed E-state index contributed by atoms with van der Waals surface area (Å²) in [5.41, 5.74) is 3.09. The highest BCUT2D eigenvalue weighted by molar-refractivity contribution is 6.33. The van der Waals surface area contributed by atoms with Crippen molar-refractivity contribution in [2.75, 3.05) is 6.54 Å².